The molecule has 0 bridgehead atoms. The number of hydrogen-bond donors (Lipinski definition) is 1. The van der Waals surface area contributed by atoms with Crippen molar-refractivity contribution in [1.82, 2.24) is 0 Å². The van der Waals surface area contributed by atoms with E-state index in [0.717, 1.165) is 23.0 Å². The van der Waals surface area contributed by atoms with Crippen molar-refractivity contribution in [2.45, 2.75) is 25.3 Å². The third kappa shape index (κ3) is 2.21. The summed E-state index contributed by atoms with van der Waals surface area (Å²) < 4.78 is 1.08. The third-order valence-corrected chi connectivity index (χ3v) is 3.62. The number of aliphatic carboxylic acids is 1. The Bertz CT molecular complexity index is 419. The highest BCUT2D eigenvalue weighted by molar-refractivity contribution is 9.10. The first-order valence-electron chi connectivity index (χ1n) is 5.31. The Morgan fingerprint density at radius 1 is 1.62 bits per heavy atom. The quantitative estimate of drug-likeness (QED) is 0.907. The monoisotopic (exact) mass is 283 g/mol. The predicted molar refractivity (Wildman–Crippen MR) is 66.9 cm³/mol. The number of fused-ring (bicyclic) bond motifs is 1. The predicted octanol–water partition coefficient (Wildman–Crippen LogP) is 2.67. The highest BCUT2D eigenvalue weighted by Crippen LogP contribution is 2.32. The van der Waals surface area contributed by atoms with Crippen LogP contribution in [0.5, 0.6) is 0 Å². The molecule has 0 spiro atoms. The van der Waals surface area contributed by atoms with Gasteiger partial charge in [-0.25, -0.2) is 0 Å². The van der Waals surface area contributed by atoms with Crippen molar-refractivity contribution in [3.05, 3.63) is 28.2 Å². The van der Waals surface area contributed by atoms with Crippen LogP contribution in [0, 0.1) is 0 Å². The molecular formula is C12H14BrNO2. The summed E-state index contributed by atoms with van der Waals surface area (Å²) in [6, 6.07) is 6.28. The lowest BCUT2D eigenvalue weighted by molar-refractivity contribution is -0.137. The molecule has 0 aliphatic carbocycles. The molecule has 1 aliphatic rings. The number of rotatable bonds is 2. The molecule has 1 aromatic carbocycles. The van der Waals surface area contributed by atoms with Crippen molar-refractivity contribution in [2.75, 3.05) is 11.9 Å². The molecule has 0 amide bonds. The van der Waals surface area contributed by atoms with Gasteiger partial charge >= 0.3 is 5.97 Å². The van der Waals surface area contributed by atoms with Gasteiger partial charge in [-0.2, -0.15) is 0 Å². The molecule has 0 radical (unpaired) electrons. The van der Waals surface area contributed by atoms with Crippen LogP contribution in [0.1, 0.15) is 18.4 Å². The molecule has 3 nitrogen and oxygen atoms in total. The van der Waals surface area contributed by atoms with E-state index in [1.807, 2.05) is 19.2 Å². The van der Waals surface area contributed by atoms with Crippen molar-refractivity contribution < 1.29 is 9.90 Å². The number of hydrogen-bond acceptors (Lipinski definition) is 2. The van der Waals surface area contributed by atoms with Gasteiger partial charge in [0.25, 0.3) is 0 Å². The second-order valence-electron chi connectivity index (χ2n) is 4.17. The summed E-state index contributed by atoms with van der Waals surface area (Å²) >= 11 is 3.45. The van der Waals surface area contributed by atoms with E-state index in [1.54, 1.807) is 0 Å². The highest BCUT2D eigenvalue weighted by atomic mass is 79.9. The molecule has 1 unspecified atom stereocenters. The van der Waals surface area contributed by atoms with Crippen LogP contribution in [0.3, 0.4) is 0 Å². The number of aryl methyl sites for hydroxylation is 1. The largest absolute Gasteiger partial charge is 0.481 e. The SMILES string of the molecule is CN1c2ccc(Br)cc2CCC1CC(=O)O. The lowest BCUT2D eigenvalue weighted by Gasteiger charge is -2.35. The number of nitrogens with zero attached hydrogens (tertiary/aromatic N) is 1. The summed E-state index contributed by atoms with van der Waals surface area (Å²) in [6.07, 6.45) is 2.08. The molecule has 1 aliphatic heterocycles. The summed E-state index contributed by atoms with van der Waals surface area (Å²) in [5, 5.41) is 8.84. The maximum absolute atomic E-state index is 10.7. The lowest BCUT2D eigenvalue weighted by atomic mass is 9.94. The number of anilines is 1. The molecule has 2 rings (SSSR count). The van der Waals surface area contributed by atoms with Gasteiger partial charge in [-0.3, -0.25) is 4.79 Å². The first-order valence-corrected chi connectivity index (χ1v) is 6.10. The zero-order valence-corrected chi connectivity index (χ0v) is 10.7. The molecule has 4 heteroatoms. The minimum Gasteiger partial charge on any atom is -0.481 e. The molecule has 1 aromatic rings. The van der Waals surface area contributed by atoms with E-state index in [4.69, 9.17) is 5.11 Å². The molecule has 86 valence electrons. The van der Waals surface area contributed by atoms with Crippen molar-refractivity contribution >= 4 is 27.6 Å². The number of benzene rings is 1. The molecule has 1 N–H and O–H groups in total. The Hall–Kier alpha value is -1.03. The van der Waals surface area contributed by atoms with Crippen LogP contribution in [-0.4, -0.2) is 24.2 Å². The van der Waals surface area contributed by atoms with Crippen LogP contribution in [0.4, 0.5) is 5.69 Å². The average molecular weight is 284 g/mol. The first kappa shape index (κ1) is 11.5. The molecule has 16 heavy (non-hydrogen) atoms. The fourth-order valence-corrected chi connectivity index (χ4v) is 2.66. The zero-order valence-electron chi connectivity index (χ0n) is 9.11. The van der Waals surface area contributed by atoms with Gasteiger partial charge in [0, 0.05) is 23.2 Å². The van der Waals surface area contributed by atoms with E-state index in [-0.39, 0.29) is 12.5 Å². The standard InChI is InChI=1S/C12H14BrNO2/c1-14-10(7-12(15)16)4-2-8-6-9(13)3-5-11(8)14/h3,5-6,10H,2,4,7H2,1H3,(H,15,16). The van der Waals surface area contributed by atoms with Crippen LogP contribution in [-0.2, 0) is 11.2 Å². The average Bonchev–Trinajstić information content (AvgIpc) is 2.22. The lowest BCUT2D eigenvalue weighted by Crippen LogP contribution is -2.37. The normalized spacial score (nSPS) is 19.4. The first-order chi connectivity index (χ1) is 7.58. The van der Waals surface area contributed by atoms with Crippen LogP contribution >= 0.6 is 15.9 Å². The fraction of sp³-hybridized carbons (Fsp3) is 0.417. The van der Waals surface area contributed by atoms with E-state index in [0.29, 0.717) is 0 Å². The van der Waals surface area contributed by atoms with Crippen molar-refractivity contribution in [3.63, 3.8) is 0 Å². The molecule has 1 atom stereocenters. The highest BCUT2D eigenvalue weighted by Gasteiger charge is 2.25. The molecular weight excluding hydrogens is 270 g/mol. The van der Waals surface area contributed by atoms with Crippen LogP contribution in [0.15, 0.2) is 22.7 Å². The van der Waals surface area contributed by atoms with Gasteiger partial charge in [0.15, 0.2) is 0 Å². The minimum atomic E-state index is -0.725. The summed E-state index contributed by atoms with van der Waals surface area (Å²) in [5.74, 6) is -0.725. The second-order valence-corrected chi connectivity index (χ2v) is 5.09. The Kier molecular flexibility index (Phi) is 3.19. The molecule has 0 aromatic heterocycles. The van der Waals surface area contributed by atoms with E-state index in [9.17, 15) is 4.79 Å². The van der Waals surface area contributed by atoms with E-state index in [1.165, 1.54) is 5.56 Å². The molecule has 0 saturated heterocycles. The zero-order chi connectivity index (χ0) is 11.7. The number of carboxylic acids is 1. The van der Waals surface area contributed by atoms with Gasteiger partial charge in [-0.15, -0.1) is 0 Å². The van der Waals surface area contributed by atoms with Crippen LogP contribution < -0.4 is 4.90 Å². The topological polar surface area (TPSA) is 40.5 Å². The van der Waals surface area contributed by atoms with E-state index < -0.39 is 5.97 Å². The van der Waals surface area contributed by atoms with E-state index in [2.05, 4.69) is 26.9 Å². The number of carbonyl (C=O) groups is 1. The Morgan fingerprint density at radius 2 is 2.38 bits per heavy atom. The van der Waals surface area contributed by atoms with Gasteiger partial charge in [0.05, 0.1) is 6.42 Å². The van der Waals surface area contributed by atoms with Crippen molar-refractivity contribution in [2.24, 2.45) is 0 Å². The summed E-state index contributed by atoms with van der Waals surface area (Å²) in [4.78, 5) is 12.8. The van der Waals surface area contributed by atoms with E-state index >= 15 is 0 Å². The molecule has 0 saturated carbocycles. The van der Waals surface area contributed by atoms with Crippen molar-refractivity contribution in [3.8, 4) is 0 Å². The van der Waals surface area contributed by atoms with Gasteiger partial charge in [0.1, 0.15) is 0 Å². The Balaban J connectivity index is 2.25. The summed E-state index contributed by atoms with van der Waals surface area (Å²) in [6.45, 7) is 0. The smallest absolute Gasteiger partial charge is 0.305 e. The molecule has 1 heterocycles. The minimum absolute atomic E-state index is 0.117. The summed E-state index contributed by atoms with van der Waals surface area (Å²) in [5.41, 5.74) is 2.44. The van der Waals surface area contributed by atoms with Crippen molar-refractivity contribution in [1.29, 1.82) is 0 Å². The third-order valence-electron chi connectivity index (χ3n) is 3.13. The number of halogens is 1. The second kappa shape index (κ2) is 4.45. The van der Waals surface area contributed by atoms with Gasteiger partial charge < -0.3 is 10.0 Å². The van der Waals surface area contributed by atoms with Gasteiger partial charge in [0.2, 0.25) is 0 Å². The summed E-state index contributed by atoms with van der Waals surface area (Å²) in [7, 11) is 1.97. The molecule has 0 fully saturated rings. The number of carboxylic acid groups (broad SMARTS) is 1. The van der Waals surface area contributed by atoms with Gasteiger partial charge in [-0.05, 0) is 36.6 Å². The van der Waals surface area contributed by atoms with Crippen LogP contribution in [0.2, 0.25) is 0 Å². The maximum Gasteiger partial charge on any atom is 0.305 e. The van der Waals surface area contributed by atoms with Gasteiger partial charge in [-0.1, -0.05) is 15.9 Å². The Labute approximate surface area is 103 Å². The van der Waals surface area contributed by atoms with Crippen LogP contribution in [0.25, 0.3) is 0 Å². The fourth-order valence-electron chi connectivity index (χ4n) is 2.25. The maximum atomic E-state index is 10.7. The Morgan fingerprint density at radius 3 is 3.06 bits per heavy atom.